The number of ether oxygens (including phenoxy) is 2. The summed E-state index contributed by atoms with van der Waals surface area (Å²) in [4.78, 5) is 35.5. The maximum absolute atomic E-state index is 13.1. The summed E-state index contributed by atoms with van der Waals surface area (Å²) < 4.78 is 10.1. The van der Waals surface area contributed by atoms with Crippen molar-refractivity contribution in [3.63, 3.8) is 0 Å². The third-order valence-electron chi connectivity index (χ3n) is 5.90. The van der Waals surface area contributed by atoms with Gasteiger partial charge in [-0.2, -0.15) is 5.26 Å². The number of H-pyrrole nitrogens is 1. The second-order valence-corrected chi connectivity index (χ2v) is 8.31. The molecule has 1 aliphatic heterocycles. The van der Waals surface area contributed by atoms with Crippen LogP contribution in [0.2, 0.25) is 0 Å². The average molecular weight is 472 g/mol. The summed E-state index contributed by atoms with van der Waals surface area (Å²) in [6.45, 7) is 4.04. The molecular weight excluding hydrogens is 446 g/mol. The van der Waals surface area contributed by atoms with Crippen LogP contribution in [0.15, 0.2) is 71.2 Å². The zero-order valence-corrected chi connectivity index (χ0v) is 19.8. The third kappa shape index (κ3) is 3.99. The molecule has 0 aliphatic carbocycles. The summed E-state index contributed by atoms with van der Waals surface area (Å²) in [7, 11) is 2.43. The Bertz CT molecular complexity index is 1410. The number of anilines is 1. The van der Waals surface area contributed by atoms with Crippen LogP contribution in [0.4, 0.5) is 5.69 Å². The number of aromatic nitrogens is 2. The van der Waals surface area contributed by atoms with Gasteiger partial charge in [-0.25, -0.2) is 14.6 Å². The number of carbonyl (C=O) groups excluding carboxylic acids is 2. The summed E-state index contributed by atoms with van der Waals surface area (Å²) in [6.07, 6.45) is 0. The molecule has 0 fully saturated rings. The largest absolute Gasteiger partial charge is 0.466 e. The number of fused-ring (bicyclic) bond motifs is 1. The van der Waals surface area contributed by atoms with Crippen LogP contribution in [0.25, 0.3) is 11.0 Å². The fourth-order valence-corrected chi connectivity index (χ4v) is 4.21. The van der Waals surface area contributed by atoms with Gasteiger partial charge in [0.25, 0.3) is 0 Å². The molecule has 1 atom stereocenters. The highest BCUT2D eigenvalue weighted by Crippen LogP contribution is 2.43. The zero-order valence-electron chi connectivity index (χ0n) is 19.8. The highest BCUT2D eigenvalue weighted by molar-refractivity contribution is 6.06. The Kier molecular flexibility index (Phi) is 6.30. The van der Waals surface area contributed by atoms with Crippen molar-refractivity contribution >= 4 is 28.7 Å². The number of nitrogens with two attached hydrogens (primary N) is 1. The molecule has 2 aromatic carbocycles. The molecule has 0 saturated heterocycles. The monoisotopic (exact) mass is 471 g/mol. The number of aromatic amines is 1. The van der Waals surface area contributed by atoms with Gasteiger partial charge in [0.2, 0.25) is 0 Å². The quantitative estimate of drug-likeness (QED) is 0.539. The minimum atomic E-state index is -0.914. The molecule has 178 valence electrons. The summed E-state index contributed by atoms with van der Waals surface area (Å²) in [5.41, 5.74) is 9.00. The van der Waals surface area contributed by atoms with Crippen LogP contribution in [0, 0.1) is 11.3 Å². The molecule has 3 aromatic rings. The van der Waals surface area contributed by atoms with Gasteiger partial charge in [0.1, 0.15) is 17.3 Å². The lowest BCUT2D eigenvalue weighted by Crippen LogP contribution is -2.40. The van der Waals surface area contributed by atoms with Crippen molar-refractivity contribution in [2.45, 2.75) is 25.7 Å². The van der Waals surface area contributed by atoms with E-state index in [-0.39, 0.29) is 28.6 Å². The fourth-order valence-electron chi connectivity index (χ4n) is 4.21. The van der Waals surface area contributed by atoms with Crippen molar-refractivity contribution in [3.05, 3.63) is 82.6 Å². The molecular formula is C26H25N5O4. The number of carbonyl (C=O) groups is 2. The Morgan fingerprint density at radius 3 is 2.40 bits per heavy atom. The molecule has 1 aromatic heterocycles. The number of hydrogen-bond acceptors (Lipinski definition) is 8. The van der Waals surface area contributed by atoms with Gasteiger partial charge in [0.15, 0.2) is 0 Å². The number of hydrogen-bond donors (Lipinski definition) is 2. The standard InChI is InChI=1S/C26H25N5O4/c1-14(2)24-29-18-11-10-16(12-19(18)30-24)31-22(26(33)35-4)21(25(32)34-3)20(17(13-27)23(31)28)15-8-6-5-7-9-15/h5-12,14,20H,28H2,1-4H3,(H,29,30). The Labute approximate surface area is 202 Å². The molecule has 1 aliphatic rings. The highest BCUT2D eigenvalue weighted by atomic mass is 16.5. The Hall–Kier alpha value is -4.58. The van der Waals surface area contributed by atoms with E-state index in [1.807, 2.05) is 19.9 Å². The summed E-state index contributed by atoms with van der Waals surface area (Å²) in [5.74, 6) is -1.48. The minimum Gasteiger partial charge on any atom is -0.466 e. The van der Waals surface area contributed by atoms with E-state index < -0.39 is 17.9 Å². The second-order valence-electron chi connectivity index (χ2n) is 8.31. The van der Waals surface area contributed by atoms with E-state index in [1.165, 1.54) is 19.1 Å². The predicted molar refractivity (Wildman–Crippen MR) is 130 cm³/mol. The molecule has 0 saturated carbocycles. The van der Waals surface area contributed by atoms with Crippen molar-refractivity contribution in [3.8, 4) is 6.07 Å². The van der Waals surface area contributed by atoms with Crippen molar-refractivity contribution in [2.24, 2.45) is 5.73 Å². The SMILES string of the molecule is COC(=O)C1=C(C(=O)OC)N(c2ccc3nc(C(C)C)[nH]c3c2)C(N)=C(C#N)C1c1ccccc1. The van der Waals surface area contributed by atoms with E-state index in [2.05, 4.69) is 16.0 Å². The first-order chi connectivity index (χ1) is 16.8. The van der Waals surface area contributed by atoms with Crippen LogP contribution in [-0.4, -0.2) is 36.1 Å². The van der Waals surface area contributed by atoms with Crippen LogP contribution in [0.3, 0.4) is 0 Å². The summed E-state index contributed by atoms with van der Waals surface area (Å²) in [5, 5.41) is 10.1. The topological polar surface area (TPSA) is 134 Å². The fraction of sp³-hybridized carbons (Fsp3) is 0.231. The Morgan fingerprint density at radius 1 is 1.11 bits per heavy atom. The van der Waals surface area contributed by atoms with E-state index >= 15 is 0 Å². The Morgan fingerprint density at radius 2 is 1.80 bits per heavy atom. The molecule has 3 N–H and O–H groups in total. The molecule has 0 bridgehead atoms. The first kappa shape index (κ1) is 23.6. The van der Waals surface area contributed by atoms with Gasteiger partial charge in [-0.05, 0) is 23.8 Å². The lowest BCUT2D eigenvalue weighted by Gasteiger charge is -2.35. The third-order valence-corrected chi connectivity index (χ3v) is 5.90. The van der Waals surface area contributed by atoms with Gasteiger partial charge in [-0.3, -0.25) is 4.90 Å². The first-order valence-corrected chi connectivity index (χ1v) is 11.0. The lowest BCUT2D eigenvalue weighted by atomic mass is 9.81. The number of benzene rings is 2. The second kappa shape index (κ2) is 9.35. The number of nitrogens with zero attached hydrogens (tertiary/aromatic N) is 3. The summed E-state index contributed by atoms with van der Waals surface area (Å²) in [6, 6.07) is 16.3. The van der Waals surface area contributed by atoms with Gasteiger partial charge >= 0.3 is 11.9 Å². The number of esters is 2. The number of rotatable bonds is 5. The van der Waals surface area contributed by atoms with Crippen molar-refractivity contribution in [2.75, 3.05) is 19.1 Å². The van der Waals surface area contributed by atoms with Crippen molar-refractivity contribution < 1.29 is 19.1 Å². The van der Waals surface area contributed by atoms with Crippen LogP contribution in [0.5, 0.6) is 0 Å². The number of nitrogens with one attached hydrogen (secondary N) is 1. The smallest absolute Gasteiger partial charge is 0.355 e. The van der Waals surface area contributed by atoms with E-state index in [4.69, 9.17) is 15.2 Å². The van der Waals surface area contributed by atoms with Crippen LogP contribution >= 0.6 is 0 Å². The maximum Gasteiger partial charge on any atom is 0.355 e. The van der Waals surface area contributed by atoms with Gasteiger partial charge in [0, 0.05) is 5.92 Å². The normalized spacial score (nSPS) is 16.0. The van der Waals surface area contributed by atoms with Gasteiger partial charge in [-0.15, -0.1) is 0 Å². The zero-order chi connectivity index (χ0) is 25.3. The number of nitriles is 1. The van der Waals surface area contributed by atoms with E-state index in [1.54, 1.807) is 42.5 Å². The van der Waals surface area contributed by atoms with E-state index in [0.717, 1.165) is 11.3 Å². The predicted octanol–water partition coefficient (Wildman–Crippen LogP) is 3.58. The molecule has 4 rings (SSSR count). The van der Waals surface area contributed by atoms with Gasteiger partial charge in [0.05, 0.1) is 54.1 Å². The molecule has 2 heterocycles. The van der Waals surface area contributed by atoms with Crippen LogP contribution in [-0.2, 0) is 19.1 Å². The molecule has 9 nitrogen and oxygen atoms in total. The molecule has 1 unspecified atom stereocenters. The molecule has 0 radical (unpaired) electrons. The van der Waals surface area contributed by atoms with Crippen molar-refractivity contribution in [1.29, 1.82) is 5.26 Å². The molecule has 0 spiro atoms. The number of allylic oxidation sites excluding steroid dienone is 1. The Balaban J connectivity index is 2.03. The molecule has 0 amide bonds. The van der Waals surface area contributed by atoms with Gasteiger partial charge in [-0.1, -0.05) is 44.2 Å². The minimum absolute atomic E-state index is 0.0114. The summed E-state index contributed by atoms with van der Waals surface area (Å²) >= 11 is 0. The van der Waals surface area contributed by atoms with E-state index in [0.29, 0.717) is 16.8 Å². The first-order valence-electron chi connectivity index (χ1n) is 11.0. The number of imidazole rings is 1. The molecule has 35 heavy (non-hydrogen) atoms. The average Bonchev–Trinajstić information content (AvgIpc) is 3.31. The lowest BCUT2D eigenvalue weighted by molar-refractivity contribution is -0.139. The maximum atomic E-state index is 13.1. The van der Waals surface area contributed by atoms with Gasteiger partial charge < -0.3 is 20.2 Å². The highest BCUT2D eigenvalue weighted by Gasteiger charge is 2.43. The van der Waals surface area contributed by atoms with E-state index in [9.17, 15) is 14.9 Å². The van der Waals surface area contributed by atoms with Crippen LogP contribution < -0.4 is 10.6 Å². The van der Waals surface area contributed by atoms with Crippen molar-refractivity contribution in [1.82, 2.24) is 9.97 Å². The number of methoxy groups -OCH3 is 2. The van der Waals surface area contributed by atoms with Crippen LogP contribution in [0.1, 0.15) is 37.1 Å². The molecule has 9 heteroatoms.